The molecule has 2 aromatic rings. The Labute approximate surface area is 183 Å². The molecule has 3 aliphatic heterocycles. The number of benzene rings is 2. The minimum Gasteiger partial charge on any atom is -0.486 e. The van der Waals surface area contributed by atoms with Crippen molar-refractivity contribution >= 4 is 0 Å². The van der Waals surface area contributed by atoms with Crippen LogP contribution in [0.15, 0.2) is 42.5 Å². The summed E-state index contributed by atoms with van der Waals surface area (Å²) >= 11 is 0. The standard InChI is InChI=1S/C25H31NO5/c27-25(11-13-26(14-12-25)18-19-6-2-1-3-7-19)23-20(31-22-8-4-5-15-29-22)9-10-21-24(23)30-17-16-28-21/h1-3,6-7,9-10,22,27H,4-5,8,11-18H2. The van der Waals surface area contributed by atoms with E-state index in [9.17, 15) is 5.11 Å². The van der Waals surface area contributed by atoms with E-state index in [1.54, 1.807) is 0 Å². The van der Waals surface area contributed by atoms with Gasteiger partial charge in [-0.2, -0.15) is 0 Å². The van der Waals surface area contributed by atoms with E-state index < -0.39 is 5.60 Å². The highest BCUT2D eigenvalue weighted by Gasteiger charge is 2.41. The SMILES string of the molecule is OC1(c2c(OC3CCCCO3)ccc3c2OCCO3)CCN(Cc2ccccc2)CC1. The molecule has 3 aliphatic rings. The van der Waals surface area contributed by atoms with Crippen LogP contribution in [0.25, 0.3) is 0 Å². The summed E-state index contributed by atoms with van der Waals surface area (Å²) in [5.41, 5.74) is 0.988. The lowest BCUT2D eigenvalue weighted by Crippen LogP contribution is -2.43. The van der Waals surface area contributed by atoms with Gasteiger partial charge in [-0.3, -0.25) is 4.90 Å². The van der Waals surface area contributed by atoms with Crippen LogP contribution in [0, 0.1) is 0 Å². The Morgan fingerprint density at radius 3 is 2.55 bits per heavy atom. The lowest BCUT2D eigenvalue weighted by molar-refractivity contribution is -0.109. The summed E-state index contributed by atoms with van der Waals surface area (Å²) in [6.07, 6.45) is 3.95. The van der Waals surface area contributed by atoms with Crippen molar-refractivity contribution in [2.45, 2.75) is 50.5 Å². The molecular weight excluding hydrogens is 394 g/mol. The predicted octanol–water partition coefficient (Wildman–Crippen LogP) is 3.85. The maximum absolute atomic E-state index is 11.8. The molecule has 31 heavy (non-hydrogen) atoms. The largest absolute Gasteiger partial charge is 0.486 e. The van der Waals surface area contributed by atoms with Crippen molar-refractivity contribution in [2.24, 2.45) is 0 Å². The van der Waals surface area contributed by atoms with Crippen LogP contribution in [0.5, 0.6) is 17.2 Å². The third-order valence-corrected chi connectivity index (χ3v) is 6.46. The molecule has 0 saturated carbocycles. The van der Waals surface area contributed by atoms with Gasteiger partial charge in [-0.25, -0.2) is 0 Å². The van der Waals surface area contributed by atoms with Gasteiger partial charge >= 0.3 is 0 Å². The minimum atomic E-state index is -1.02. The fraction of sp³-hybridized carbons (Fsp3) is 0.520. The van der Waals surface area contributed by atoms with E-state index in [1.807, 2.05) is 18.2 Å². The lowest BCUT2D eigenvalue weighted by atomic mass is 9.82. The number of rotatable bonds is 5. The van der Waals surface area contributed by atoms with Crippen molar-refractivity contribution in [3.63, 3.8) is 0 Å². The number of piperidine rings is 1. The molecule has 1 N–H and O–H groups in total. The average Bonchev–Trinajstić information content (AvgIpc) is 2.82. The Morgan fingerprint density at radius 2 is 1.77 bits per heavy atom. The second-order valence-electron chi connectivity index (χ2n) is 8.67. The highest BCUT2D eigenvalue weighted by molar-refractivity contribution is 5.57. The molecule has 6 heteroatoms. The number of nitrogens with zero attached hydrogens (tertiary/aromatic N) is 1. The number of aliphatic hydroxyl groups is 1. The van der Waals surface area contributed by atoms with Gasteiger partial charge in [0, 0.05) is 26.1 Å². The minimum absolute atomic E-state index is 0.281. The van der Waals surface area contributed by atoms with Crippen LogP contribution >= 0.6 is 0 Å². The zero-order chi connectivity index (χ0) is 21.1. The van der Waals surface area contributed by atoms with Gasteiger partial charge in [-0.1, -0.05) is 30.3 Å². The first-order chi connectivity index (χ1) is 15.2. The Kier molecular flexibility index (Phi) is 6.03. The normalized spacial score (nSPS) is 23.3. The second-order valence-corrected chi connectivity index (χ2v) is 8.67. The predicted molar refractivity (Wildman–Crippen MR) is 117 cm³/mol. The fourth-order valence-electron chi connectivity index (χ4n) is 4.76. The van der Waals surface area contributed by atoms with E-state index >= 15 is 0 Å². The zero-order valence-electron chi connectivity index (χ0n) is 17.9. The molecular formula is C25H31NO5. The van der Waals surface area contributed by atoms with Crippen LogP contribution in [0.2, 0.25) is 0 Å². The molecule has 2 aromatic carbocycles. The van der Waals surface area contributed by atoms with Crippen LogP contribution < -0.4 is 14.2 Å². The Hall–Kier alpha value is -2.28. The maximum Gasteiger partial charge on any atom is 0.199 e. The van der Waals surface area contributed by atoms with Crippen molar-refractivity contribution in [3.8, 4) is 17.2 Å². The highest BCUT2D eigenvalue weighted by Crippen LogP contribution is 2.49. The van der Waals surface area contributed by atoms with E-state index in [0.717, 1.165) is 44.5 Å². The fourth-order valence-corrected chi connectivity index (χ4v) is 4.76. The maximum atomic E-state index is 11.8. The van der Waals surface area contributed by atoms with Crippen molar-refractivity contribution in [3.05, 3.63) is 53.6 Å². The molecule has 1 unspecified atom stereocenters. The van der Waals surface area contributed by atoms with E-state index in [1.165, 1.54) is 5.56 Å². The molecule has 0 spiro atoms. The molecule has 1 atom stereocenters. The van der Waals surface area contributed by atoms with Crippen molar-refractivity contribution in [2.75, 3.05) is 32.9 Å². The van der Waals surface area contributed by atoms with E-state index in [-0.39, 0.29) is 6.29 Å². The number of ether oxygens (including phenoxy) is 4. The molecule has 2 fully saturated rings. The molecule has 0 aliphatic carbocycles. The number of likely N-dealkylation sites (tertiary alicyclic amines) is 1. The van der Waals surface area contributed by atoms with Gasteiger partial charge in [0.25, 0.3) is 0 Å². The monoisotopic (exact) mass is 425 g/mol. The van der Waals surface area contributed by atoms with E-state index in [0.29, 0.717) is 49.9 Å². The third kappa shape index (κ3) is 4.52. The van der Waals surface area contributed by atoms with E-state index in [2.05, 4.69) is 29.2 Å². The van der Waals surface area contributed by atoms with Crippen LogP contribution in [0.3, 0.4) is 0 Å². The summed E-state index contributed by atoms with van der Waals surface area (Å²) in [7, 11) is 0. The van der Waals surface area contributed by atoms with Gasteiger partial charge in [0.2, 0.25) is 0 Å². The Morgan fingerprint density at radius 1 is 0.968 bits per heavy atom. The third-order valence-electron chi connectivity index (χ3n) is 6.46. The van der Waals surface area contributed by atoms with Crippen LogP contribution in [-0.4, -0.2) is 49.2 Å². The number of fused-ring (bicyclic) bond motifs is 1. The highest BCUT2D eigenvalue weighted by atomic mass is 16.7. The molecule has 0 aromatic heterocycles. The average molecular weight is 426 g/mol. The first kappa shape index (κ1) is 20.6. The van der Waals surface area contributed by atoms with Crippen LogP contribution in [-0.2, 0) is 16.9 Å². The second kappa shape index (κ2) is 9.07. The Balaban J connectivity index is 1.38. The van der Waals surface area contributed by atoms with Crippen LogP contribution in [0.4, 0.5) is 0 Å². The van der Waals surface area contributed by atoms with Gasteiger partial charge in [0.15, 0.2) is 17.8 Å². The molecule has 6 nitrogen and oxygen atoms in total. The molecule has 0 bridgehead atoms. The summed E-state index contributed by atoms with van der Waals surface area (Å²) in [4.78, 5) is 2.39. The van der Waals surface area contributed by atoms with Gasteiger partial charge in [0.05, 0.1) is 17.8 Å². The van der Waals surface area contributed by atoms with Gasteiger partial charge in [0.1, 0.15) is 19.0 Å². The molecule has 0 amide bonds. The molecule has 0 radical (unpaired) electrons. The molecule has 5 rings (SSSR count). The van der Waals surface area contributed by atoms with Crippen LogP contribution in [0.1, 0.15) is 43.2 Å². The van der Waals surface area contributed by atoms with Crippen molar-refractivity contribution in [1.82, 2.24) is 4.90 Å². The van der Waals surface area contributed by atoms with Gasteiger partial charge in [-0.05, 0) is 43.4 Å². The summed E-state index contributed by atoms with van der Waals surface area (Å²) in [6, 6.07) is 14.3. The van der Waals surface area contributed by atoms with Crippen molar-refractivity contribution in [1.29, 1.82) is 0 Å². The number of hydrogen-bond donors (Lipinski definition) is 1. The Bertz CT molecular complexity index is 873. The number of hydrogen-bond acceptors (Lipinski definition) is 6. The lowest BCUT2D eigenvalue weighted by Gasteiger charge is -2.40. The first-order valence-electron chi connectivity index (χ1n) is 11.4. The summed E-state index contributed by atoms with van der Waals surface area (Å²) in [6.45, 7) is 4.19. The van der Waals surface area contributed by atoms with Gasteiger partial charge < -0.3 is 24.1 Å². The smallest absolute Gasteiger partial charge is 0.199 e. The first-order valence-corrected chi connectivity index (χ1v) is 11.4. The zero-order valence-corrected chi connectivity index (χ0v) is 17.9. The summed E-state index contributed by atoms with van der Waals surface area (Å²) < 4.78 is 23.9. The molecule has 2 saturated heterocycles. The molecule has 166 valence electrons. The van der Waals surface area contributed by atoms with E-state index in [4.69, 9.17) is 18.9 Å². The van der Waals surface area contributed by atoms with Gasteiger partial charge in [-0.15, -0.1) is 0 Å². The summed E-state index contributed by atoms with van der Waals surface area (Å²) in [5, 5.41) is 11.8. The topological polar surface area (TPSA) is 60.4 Å². The quantitative estimate of drug-likeness (QED) is 0.785. The van der Waals surface area contributed by atoms with Crippen molar-refractivity contribution < 1.29 is 24.1 Å². The molecule has 3 heterocycles. The summed E-state index contributed by atoms with van der Waals surface area (Å²) in [5.74, 6) is 1.95.